The maximum atomic E-state index is 12.2. The number of halogens is 2. The Balaban J connectivity index is 2.55. The number of carbonyl (C=O) groups excluding carboxylic acids is 1. The molecule has 2 N–H and O–H groups in total. The Morgan fingerprint density at radius 1 is 1.19 bits per heavy atom. The van der Waals surface area contributed by atoms with Crippen LogP contribution in [-0.4, -0.2) is 24.4 Å². The quantitative estimate of drug-likeness (QED) is 0.817. The summed E-state index contributed by atoms with van der Waals surface area (Å²) in [6, 6.07) is 5.34. The van der Waals surface area contributed by atoms with Gasteiger partial charge in [0.1, 0.15) is 0 Å². The summed E-state index contributed by atoms with van der Waals surface area (Å²) in [5, 5.41) is 1.17. The van der Waals surface area contributed by atoms with Gasteiger partial charge in [-0.15, -0.1) is 0 Å². The Kier molecular flexibility index (Phi) is 6.98. The van der Waals surface area contributed by atoms with Crippen molar-refractivity contribution in [3.05, 3.63) is 33.8 Å². The van der Waals surface area contributed by atoms with Crippen molar-refractivity contribution in [1.29, 1.82) is 0 Å². The molecule has 1 aromatic carbocycles. The van der Waals surface area contributed by atoms with Gasteiger partial charge in [0.2, 0.25) is 5.91 Å². The molecule has 0 heterocycles. The lowest BCUT2D eigenvalue weighted by atomic mass is 9.84. The zero-order chi connectivity index (χ0) is 16.0. The number of benzene rings is 1. The first kappa shape index (κ1) is 18.3. The Bertz CT molecular complexity index is 469. The molecule has 0 fully saturated rings. The first-order valence-electron chi connectivity index (χ1n) is 7.12. The Morgan fingerprint density at radius 2 is 1.76 bits per heavy atom. The average Bonchev–Trinajstić information content (AvgIpc) is 2.34. The van der Waals surface area contributed by atoms with E-state index in [1.807, 2.05) is 12.1 Å². The van der Waals surface area contributed by atoms with E-state index < -0.39 is 0 Å². The van der Waals surface area contributed by atoms with Gasteiger partial charge in [-0.3, -0.25) is 4.79 Å². The number of rotatable bonds is 7. The molecule has 0 bridgehead atoms. The van der Waals surface area contributed by atoms with Crippen LogP contribution in [0, 0.1) is 5.41 Å². The maximum absolute atomic E-state index is 12.2. The molecule has 21 heavy (non-hydrogen) atoms. The Labute approximate surface area is 137 Å². The second-order valence-electron chi connectivity index (χ2n) is 6.23. The molecule has 3 nitrogen and oxygen atoms in total. The van der Waals surface area contributed by atoms with Crippen LogP contribution >= 0.6 is 23.2 Å². The molecule has 0 radical (unpaired) electrons. The predicted molar refractivity (Wildman–Crippen MR) is 89.6 cm³/mol. The summed E-state index contributed by atoms with van der Waals surface area (Å²) in [5.41, 5.74) is 6.63. The summed E-state index contributed by atoms with van der Waals surface area (Å²) in [6.07, 6.45) is 2.29. The van der Waals surface area contributed by atoms with Crippen LogP contribution in [-0.2, 0) is 11.3 Å². The minimum Gasteiger partial charge on any atom is -0.341 e. The van der Waals surface area contributed by atoms with E-state index in [0.717, 1.165) is 18.4 Å². The fourth-order valence-corrected chi connectivity index (χ4v) is 2.79. The van der Waals surface area contributed by atoms with Gasteiger partial charge in [-0.2, -0.15) is 0 Å². The molecule has 118 valence electrons. The third-order valence-corrected chi connectivity index (χ3v) is 4.04. The van der Waals surface area contributed by atoms with E-state index in [9.17, 15) is 4.79 Å². The van der Waals surface area contributed by atoms with Gasteiger partial charge >= 0.3 is 0 Å². The molecule has 0 aliphatic carbocycles. The predicted octanol–water partition coefficient (Wildman–Crippen LogP) is 4.11. The molecular formula is C16H24Cl2N2O. The normalized spacial score (nSPS) is 11.5. The van der Waals surface area contributed by atoms with Crippen LogP contribution in [0.3, 0.4) is 0 Å². The summed E-state index contributed by atoms with van der Waals surface area (Å²) in [7, 11) is 1.80. The highest BCUT2D eigenvalue weighted by Crippen LogP contribution is 2.26. The fraction of sp³-hybridized carbons (Fsp3) is 0.562. The molecular weight excluding hydrogens is 307 g/mol. The summed E-state index contributed by atoms with van der Waals surface area (Å²) in [6.45, 7) is 5.45. The van der Waals surface area contributed by atoms with Gasteiger partial charge in [-0.05, 0) is 48.6 Å². The number of hydrogen-bond donors (Lipinski definition) is 1. The standard InChI is InChI=1S/C16H24Cl2N2O/c1-16(2,6-7-19)5-4-15(21)20(3)11-12-8-13(17)10-14(18)9-12/h8-10H,4-7,11,19H2,1-3H3. The van der Waals surface area contributed by atoms with E-state index in [1.54, 1.807) is 18.0 Å². The number of carbonyl (C=O) groups is 1. The molecule has 1 rings (SSSR count). The molecule has 0 atom stereocenters. The minimum atomic E-state index is 0.102. The number of nitrogens with zero attached hydrogens (tertiary/aromatic N) is 1. The Morgan fingerprint density at radius 3 is 2.29 bits per heavy atom. The number of nitrogens with two attached hydrogens (primary N) is 1. The first-order valence-corrected chi connectivity index (χ1v) is 7.88. The van der Waals surface area contributed by atoms with Crippen LogP contribution in [0.4, 0.5) is 0 Å². The largest absolute Gasteiger partial charge is 0.341 e. The van der Waals surface area contributed by atoms with Crippen LogP contribution in [0.5, 0.6) is 0 Å². The van der Waals surface area contributed by atoms with Crippen molar-refractivity contribution in [2.24, 2.45) is 11.1 Å². The second-order valence-corrected chi connectivity index (χ2v) is 7.10. The van der Waals surface area contributed by atoms with Crippen molar-refractivity contribution < 1.29 is 4.79 Å². The van der Waals surface area contributed by atoms with Gasteiger partial charge in [0.15, 0.2) is 0 Å². The van der Waals surface area contributed by atoms with E-state index in [-0.39, 0.29) is 11.3 Å². The molecule has 0 aliphatic rings. The lowest BCUT2D eigenvalue weighted by Gasteiger charge is -2.25. The molecule has 0 spiro atoms. The van der Waals surface area contributed by atoms with E-state index in [0.29, 0.717) is 29.6 Å². The molecule has 0 saturated heterocycles. The van der Waals surface area contributed by atoms with Crippen LogP contribution in [0.2, 0.25) is 10.0 Å². The zero-order valence-electron chi connectivity index (χ0n) is 13.0. The monoisotopic (exact) mass is 330 g/mol. The highest BCUT2D eigenvalue weighted by Gasteiger charge is 2.19. The fourth-order valence-electron chi connectivity index (χ4n) is 2.22. The maximum Gasteiger partial charge on any atom is 0.222 e. The third kappa shape index (κ3) is 6.68. The van der Waals surface area contributed by atoms with Gasteiger partial charge in [-0.1, -0.05) is 37.0 Å². The SMILES string of the molecule is CN(Cc1cc(Cl)cc(Cl)c1)C(=O)CCC(C)(C)CCN. The van der Waals surface area contributed by atoms with Crippen LogP contribution in [0.1, 0.15) is 38.7 Å². The Hall–Kier alpha value is -0.770. The molecule has 5 heteroatoms. The van der Waals surface area contributed by atoms with Crippen molar-refractivity contribution in [1.82, 2.24) is 4.90 Å². The highest BCUT2D eigenvalue weighted by molar-refractivity contribution is 6.34. The smallest absolute Gasteiger partial charge is 0.222 e. The number of amides is 1. The van der Waals surface area contributed by atoms with Crippen molar-refractivity contribution in [2.45, 2.75) is 39.7 Å². The van der Waals surface area contributed by atoms with Gasteiger partial charge in [0.25, 0.3) is 0 Å². The van der Waals surface area contributed by atoms with Crippen molar-refractivity contribution in [3.8, 4) is 0 Å². The van der Waals surface area contributed by atoms with Crippen LogP contribution < -0.4 is 5.73 Å². The molecule has 0 aliphatic heterocycles. The van der Waals surface area contributed by atoms with E-state index >= 15 is 0 Å². The van der Waals surface area contributed by atoms with Gasteiger partial charge in [-0.25, -0.2) is 0 Å². The van der Waals surface area contributed by atoms with Gasteiger partial charge < -0.3 is 10.6 Å². The van der Waals surface area contributed by atoms with Crippen LogP contribution in [0.25, 0.3) is 0 Å². The average molecular weight is 331 g/mol. The minimum absolute atomic E-state index is 0.102. The first-order chi connectivity index (χ1) is 9.73. The zero-order valence-corrected chi connectivity index (χ0v) is 14.5. The van der Waals surface area contributed by atoms with Crippen LogP contribution in [0.15, 0.2) is 18.2 Å². The summed E-state index contributed by atoms with van der Waals surface area (Å²) in [4.78, 5) is 13.9. The second kappa shape index (κ2) is 8.02. The summed E-state index contributed by atoms with van der Waals surface area (Å²) < 4.78 is 0. The van der Waals surface area contributed by atoms with E-state index in [2.05, 4.69) is 13.8 Å². The van der Waals surface area contributed by atoms with Crippen molar-refractivity contribution >= 4 is 29.1 Å². The molecule has 0 unspecified atom stereocenters. The molecule has 0 aromatic heterocycles. The molecule has 1 amide bonds. The van der Waals surface area contributed by atoms with E-state index in [4.69, 9.17) is 28.9 Å². The van der Waals surface area contributed by atoms with Crippen molar-refractivity contribution in [2.75, 3.05) is 13.6 Å². The number of hydrogen-bond acceptors (Lipinski definition) is 2. The highest BCUT2D eigenvalue weighted by atomic mass is 35.5. The van der Waals surface area contributed by atoms with Gasteiger partial charge in [0, 0.05) is 30.1 Å². The summed E-state index contributed by atoms with van der Waals surface area (Å²) >= 11 is 11.9. The molecule has 0 saturated carbocycles. The topological polar surface area (TPSA) is 46.3 Å². The summed E-state index contributed by atoms with van der Waals surface area (Å²) in [5.74, 6) is 0.121. The van der Waals surface area contributed by atoms with Crippen molar-refractivity contribution in [3.63, 3.8) is 0 Å². The lowest BCUT2D eigenvalue weighted by molar-refractivity contribution is -0.131. The van der Waals surface area contributed by atoms with Gasteiger partial charge in [0.05, 0.1) is 0 Å². The molecule has 1 aromatic rings. The lowest BCUT2D eigenvalue weighted by Crippen LogP contribution is -2.28. The van der Waals surface area contributed by atoms with E-state index in [1.165, 1.54) is 0 Å². The third-order valence-electron chi connectivity index (χ3n) is 3.60.